The molecule has 8 nitrogen and oxygen atoms in total. The van der Waals surface area contributed by atoms with Gasteiger partial charge in [0.05, 0.1) is 24.0 Å². The van der Waals surface area contributed by atoms with Crippen LogP contribution in [-0.2, 0) is 15.3 Å². The first kappa shape index (κ1) is 25.3. The third kappa shape index (κ3) is 6.15. The molecule has 9 heteroatoms. The number of furan rings is 1. The highest BCUT2D eigenvalue weighted by Gasteiger charge is 2.31. The Balaban J connectivity index is 1.27. The number of carbonyl (C=O) groups excluding carboxylic acids is 2. The number of esters is 1. The molecule has 2 aliphatic rings. The highest BCUT2D eigenvalue weighted by atomic mass is 32.2. The first-order valence-corrected chi connectivity index (χ1v) is 14.0. The number of rotatable bonds is 8. The summed E-state index contributed by atoms with van der Waals surface area (Å²) in [5.41, 5.74) is 1.96. The number of likely N-dealkylation sites (tertiary alicyclic amines) is 1. The van der Waals surface area contributed by atoms with E-state index in [2.05, 4.69) is 23.1 Å². The average Bonchev–Trinajstić information content (AvgIpc) is 3.65. The van der Waals surface area contributed by atoms with Gasteiger partial charge in [-0.3, -0.25) is 9.59 Å². The second-order valence-electron chi connectivity index (χ2n) is 9.35. The van der Waals surface area contributed by atoms with Crippen molar-refractivity contribution in [2.45, 2.75) is 43.5 Å². The van der Waals surface area contributed by atoms with Gasteiger partial charge in [-0.15, -0.1) is 0 Å². The van der Waals surface area contributed by atoms with Crippen LogP contribution in [-0.4, -0.2) is 59.5 Å². The lowest BCUT2D eigenvalue weighted by Crippen LogP contribution is -2.42. The normalized spacial score (nSPS) is 17.7. The van der Waals surface area contributed by atoms with Gasteiger partial charge < -0.3 is 19.0 Å². The van der Waals surface area contributed by atoms with Gasteiger partial charge in [0.2, 0.25) is 0 Å². The second kappa shape index (κ2) is 11.8. The molecule has 1 aromatic carbocycles. The Morgan fingerprint density at radius 3 is 2.65 bits per heavy atom. The van der Waals surface area contributed by atoms with Crippen LogP contribution in [0.1, 0.15) is 48.9 Å². The molecular weight excluding hydrogens is 488 g/mol. The van der Waals surface area contributed by atoms with Crippen LogP contribution in [0.2, 0.25) is 0 Å². The standard InChI is InChI=1S/C28H32N4O4S/c1-2-35-27(34)21-11-8-16-32(18-21)26(33)24-13-12-22(36-24)19-37-28-29-23(20-9-4-3-5-10-20)17-25(30-28)31-14-6-7-15-31/h3-5,9-10,12-13,17,21H,2,6-8,11,14-16,18-19H2,1H3/t21-/m1/s1. The summed E-state index contributed by atoms with van der Waals surface area (Å²) in [6.45, 7) is 5.13. The molecule has 1 atom stereocenters. The number of nitrogens with zero attached hydrogens (tertiary/aromatic N) is 4. The molecule has 0 saturated carbocycles. The number of hydrogen-bond donors (Lipinski definition) is 0. The van der Waals surface area contributed by atoms with E-state index in [0.29, 0.717) is 36.4 Å². The number of thioether (sulfide) groups is 1. The number of piperidine rings is 1. The molecule has 0 N–H and O–H groups in total. The lowest BCUT2D eigenvalue weighted by atomic mass is 9.98. The van der Waals surface area contributed by atoms with E-state index in [1.54, 1.807) is 17.9 Å². The number of amides is 1. The van der Waals surface area contributed by atoms with E-state index in [-0.39, 0.29) is 23.6 Å². The summed E-state index contributed by atoms with van der Waals surface area (Å²) in [6.07, 6.45) is 3.86. The predicted octanol–water partition coefficient (Wildman–Crippen LogP) is 5.04. The molecule has 2 saturated heterocycles. The van der Waals surface area contributed by atoms with Gasteiger partial charge in [-0.1, -0.05) is 42.1 Å². The monoisotopic (exact) mass is 520 g/mol. The van der Waals surface area contributed by atoms with Gasteiger partial charge in [0.15, 0.2) is 10.9 Å². The molecule has 1 amide bonds. The molecule has 3 aromatic rings. The molecular formula is C28H32N4O4S. The fraction of sp³-hybridized carbons (Fsp3) is 0.429. The van der Waals surface area contributed by atoms with E-state index in [0.717, 1.165) is 43.0 Å². The zero-order chi connectivity index (χ0) is 25.6. The van der Waals surface area contributed by atoms with Crippen molar-refractivity contribution in [3.8, 4) is 11.3 Å². The number of aromatic nitrogens is 2. The number of anilines is 1. The molecule has 0 spiro atoms. The molecule has 2 fully saturated rings. The van der Waals surface area contributed by atoms with Crippen LogP contribution in [0.25, 0.3) is 11.3 Å². The smallest absolute Gasteiger partial charge is 0.310 e. The summed E-state index contributed by atoms with van der Waals surface area (Å²) in [7, 11) is 0. The minimum absolute atomic E-state index is 0.191. The summed E-state index contributed by atoms with van der Waals surface area (Å²) in [4.78, 5) is 38.8. The molecule has 0 aliphatic carbocycles. The quantitative estimate of drug-likeness (QED) is 0.232. The van der Waals surface area contributed by atoms with Gasteiger partial charge in [0, 0.05) is 37.8 Å². The van der Waals surface area contributed by atoms with Crippen molar-refractivity contribution in [1.29, 1.82) is 0 Å². The molecule has 37 heavy (non-hydrogen) atoms. The third-order valence-electron chi connectivity index (χ3n) is 6.74. The van der Waals surface area contributed by atoms with E-state index >= 15 is 0 Å². The summed E-state index contributed by atoms with van der Waals surface area (Å²) in [6, 6.07) is 15.7. The van der Waals surface area contributed by atoms with Crippen LogP contribution in [0.15, 0.2) is 58.1 Å². The molecule has 2 aliphatic heterocycles. The molecule has 194 valence electrons. The van der Waals surface area contributed by atoms with Crippen LogP contribution < -0.4 is 4.90 Å². The lowest BCUT2D eigenvalue weighted by molar-refractivity contribution is -0.149. The Bertz CT molecular complexity index is 1230. The van der Waals surface area contributed by atoms with Crippen molar-refractivity contribution >= 4 is 29.5 Å². The summed E-state index contributed by atoms with van der Waals surface area (Å²) >= 11 is 1.50. The second-order valence-corrected chi connectivity index (χ2v) is 10.3. The molecule has 0 unspecified atom stereocenters. The third-order valence-corrected chi connectivity index (χ3v) is 7.61. The van der Waals surface area contributed by atoms with E-state index in [1.165, 1.54) is 24.6 Å². The fourth-order valence-electron chi connectivity index (χ4n) is 4.82. The van der Waals surface area contributed by atoms with E-state index in [9.17, 15) is 9.59 Å². The van der Waals surface area contributed by atoms with Crippen LogP contribution in [0.4, 0.5) is 5.82 Å². The van der Waals surface area contributed by atoms with Crippen LogP contribution in [0.5, 0.6) is 0 Å². The van der Waals surface area contributed by atoms with Crippen molar-refractivity contribution in [2.75, 3.05) is 37.7 Å². The van der Waals surface area contributed by atoms with Crippen molar-refractivity contribution in [2.24, 2.45) is 5.92 Å². The van der Waals surface area contributed by atoms with Crippen LogP contribution >= 0.6 is 11.8 Å². The average molecular weight is 521 g/mol. The van der Waals surface area contributed by atoms with Gasteiger partial charge in [0.1, 0.15) is 11.6 Å². The number of benzene rings is 1. The van der Waals surface area contributed by atoms with Gasteiger partial charge in [-0.05, 0) is 44.7 Å². The van der Waals surface area contributed by atoms with E-state index in [1.807, 2.05) is 24.3 Å². The van der Waals surface area contributed by atoms with Crippen molar-refractivity contribution in [3.05, 3.63) is 60.1 Å². The molecule has 4 heterocycles. The minimum Gasteiger partial charge on any atom is -0.466 e. The van der Waals surface area contributed by atoms with Gasteiger partial charge in [-0.25, -0.2) is 9.97 Å². The minimum atomic E-state index is -0.276. The van der Waals surface area contributed by atoms with Gasteiger partial charge >= 0.3 is 5.97 Å². The van der Waals surface area contributed by atoms with Gasteiger partial charge in [-0.2, -0.15) is 0 Å². The van der Waals surface area contributed by atoms with Crippen LogP contribution in [0, 0.1) is 5.92 Å². The van der Waals surface area contributed by atoms with E-state index < -0.39 is 0 Å². The lowest BCUT2D eigenvalue weighted by Gasteiger charge is -2.30. The number of hydrogen-bond acceptors (Lipinski definition) is 8. The number of carbonyl (C=O) groups is 2. The zero-order valence-corrected chi connectivity index (χ0v) is 21.9. The SMILES string of the molecule is CCOC(=O)[C@@H]1CCCN(C(=O)c2ccc(CSc3nc(-c4ccccc4)cc(N4CCCC4)n3)o2)C1. The Hall–Kier alpha value is -3.33. The van der Waals surface area contributed by atoms with Gasteiger partial charge in [0.25, 0.3) is 5.91 Å². The largest absolute Gasteiger partial charge is 0.466 e. The topological polar surface area (TPSA) is 88.8 Å². The Morgan fingerprint density at radius 2 is 1.86 bits per heavy atom. The Labute approximate surface area is 221 Å². The molecule has 0 bridgehead atoms. The summed E-state index contributed by atoms with van der Waals surface area (Å²) in [5.74, 6) is 1.73. The Kier molecular flexibility index (Phi) is 8.08. The predicted molar refractivity (Wildman–Crippen MR) is 142 cm³/mol. The summed E-state index contributed by atoms with van der Waals surface area (Å²) < 4.78 is 11.1. The van der Waals surface area contributed by atoms with Crippen molar-refractivity contribution < 1.29 is 18.7 Å². The number of ether oxygens (including phenoxy) is 1. The zero-order valence-electron chi connectivity index (χ0n) is 21.1. The molecule has 0 radical (unpaired) electrons. The molecule has 2 aromatic heterocycles. The maximum absolute atomic E-state index is 13.0. The van der Waals surface area contributed by atoms with Crippen molar-refractivity contribution in [3.63, 3.8) is 0 Å². The van der Waals surface area contributed by atoms with Crippen molar-refractivity contribution in [1.82, 2.24) is 14.9 Å². The molecule has 5 rings (SSSR count). The van der Waals surface area contributed by atoms with Crippen LogP contribution in [0.3, 0.4) is 0 Å². The maximum Gasteiger partial charge on any atom is 0.310 e. The Morgan fingerprint density at radius 1 is 1.05 bits per heavy atom. The highest BCUT2D eigenvalue weighted by molar-refractivity contribution is 7.98. The first-order chi connectivity index (χ1) is 18.1. The van der Waals surface area contributed by atoms with E-state index in [4.69, 9.17) is 19.1 Å². The fourth-order valence-corrected chi connectivity index (χ4v) is 5.57. The summed E-state index contributed by atoms with van der Waals surface area (Å²) in [5, 5.41) is 0.681. The highest BCUT2D eigenvalue weighted by Crippen LogP contribution is 2.29. The first-order valence-electron chi connectivity index (χ1n) is 13.0. The maximum atomic E-state index is 13.0.